The van der Waals surface area contributed by atoms with Crippen LogP contribution < -0.4 is 0 Å². The van der Waals surface area contributed by atoms with E-state index in [-0.39, 0.29) is 22.8 Å². The molecule has 0 saturated carbocycles. The summed E-state index contributed by atoms with van der Waals surface area (Å²) in [6, 6.07) is 21.1. The Hall–Kier alpha value is -2.72. The number of hydrazine groups is 1. The first-order chi connectivity index (χ1) is 16.2. The smallest absolute Gasteiger partial charge is 0.239 e. The molecule has 7 nitrogen and oxygen atoms in total. The zero-order chi connectivity index (χ0) is 24.1. The van der Waals surface area contributed by atoms with Crippen molar-refractivity contribution in [1.29, 1.82) is 0 Å². The second-order valence-corrected chi connectivity index (χ2v) is 12.8. The molecule has 0 bridgehead atoms. The topological polar surface area (TPSA) is 91.8 Å². The lowest BCUT2D eigenvalue weighted by atomic mass is 10.0. The molecule has 0 aromatic heterocycles. The van der Waals surface area contributed by atoms with Gasteiger partial charge in [-0.1, -0.05) is 60.1 Å². The summed E-state index contributed by atoms with van der Waals surface area (Å²) in [6.07, 6.45) is 0.100. The Morgan fingerprint density at radius 2 is 1.26 bits per heavy atom. The number of halogens is 1. The van der Waals surface area contributed by atoms with E-state index >= 15 is 0 Å². The molecule has 176 valence electrons. The van der Waals surface area contributed by atoms with Gasteiger partial charge in [0.25, 0.3) is 0 Å². The van der Waals surface area contributed by atoms with Crippen molar-refractivity contribution in [2.45, 2.75) is 32.9 Å². The maximum atomic E-state index is 14.1. The summed E-state index contributed by atoms with van der Waals surface area (Å²) in [7, 11) is -8.46. The van der Waals surface area contributed by atoms with E-state index in [1.165, 1.54) is 24.3 Å². The molecular formula is C24H21ClN2O5S2. The summed E-state index contributed by atoms with van der Waals surface area (Å²) >= 11 is 6.06. The summed E-state index contributed by atoms with van der Waals surface area (Å²) in [6.45, 7) is 0.216. The zero-order valence-electron chi connectivity index (χ0n) is 17.9. The van der Waals surface area contributed by atoms with Gasteiger partial charge in [-0.05, 0) is 42.0 Å². The van der Waals surface area contributed by atoms with Crippen molar-refractivity contribution in [3.8, 4) is 0 Å². The van der Waals surface area contributed by atoms with Gasteiger partial charge in [-0.25, -0.2) is 21.8 Å². The van der Waals surface area contributed by atoms with E-state index < -0.39 is 42.2 Å². The van der Waals surface area contributed by atoms with Gasteiger partial charge in [0.1, 0.15) is 5.25 Å². The van der Waals surface area contributed by atoms with Crippen molar-refractivity contribution in [3.05, 3.63) is 95.5 Å². The third-order valence-corrected chi connectivity index (χ3v) is 10.9. The highest BCUT2D eigenvalue weighted by Gasteiger charge is 2.62. The highest BCUT2D eigenvalue weighted by Crippen LogP contribution is 2.48. The van der Waals surface area contributed by atoms with Crippen molar-refractivity contribution < 1.29 is 21.6 Å². The monoisotopic (exact) mass is 516 g/mol. The first kappa shape index (κ1) is 23.0. The minimum Gasteiger partial charge on any atom is -0.273 e. The molecule has 0 aliphatic carbocycles. The van der Waals surface area contributed by atoms with Crippen LogP contribution in [0.4, 0.5) is 0 Å². The molecule has 34 heavy (non-hydrogen) atoms. The third-order valence-electron chi connectivity index (χ3n) is 6.27. The number of rotatable bonds is 5. The number of fused-ring (bicyclic) bond motifs is 1. The highest BCUT2D eigenvalue weighted by atomic mass is 35.5. The van der Waals surface area contributed by atoms with Crippen LogP contribution in [0, 0.1) is 0 Å². The standard InChI is InChI=1S/C24H21ClN2O5S2/c25-18-13-11-17(12-14-18)22-23(33(29,30)19-7-3-1-4-8-19)24(27-21(28)15-16-26(22)27)34(31,32)20-9-5-2-6-10-20/h1-14,22-24H,15-16H2. The number of sulfone groups is 2. The Morgan fingerprint density at radius 3 is 1.82 bits per heavy atom. The molecule has 0 radical (unpaired) electrons. The van der Waals surface area contributed by atoms with Gasteiger partial charge >= 0.3 is 0 Å². The fourth-order valence-corrected chi connectivity index (χ4v) is 9.50. The molecule has 5 rings (SSSR count). The Labute approximate surface area is 203 Å². The number of carbonyl (C=O) groups excluding carboxylic acids is 1. The lowest BCUT2D eigenvalue weighted by Crippen LogP contribution is -2.47. The summed E-state index contributed by atoms with van der Waals surface area (Å²) in [5.41, 5.74) is 0.569. The number of benzene rings is 3. The van der Waals surface area contributed by atoms with E-state index in [0.29, 0.717) is 10.6 Å². The lowest BCUT2D eigenvalue weighted by Gasteiger charge is -2.26. The number of nitrogens with zero attached hydrogens (tertiary/aromatic N) is 2. The molecule has 2 saturated heterocycles. The van der Waals surface area contributed by atoms with E-state index in [1.807, 2.05) is 0 Å². The Kier molecular flexibility index (Phi) is 5.76. The molecule has 2 heterocycles. The van der Waals surface area contributed by atoms with E-state index in [1.54, 1.807) is 65.7 Å². The largest absolute Gasteiger partial charge is 0.273 e. The van der Waals surface area contributed by atoms with Crippen molar-refractivity contribution in [3.63, 3.8) is 0 Å². The van der Waals surface area contributed by atoms with E-state index in [4.69, 9.17) is 11.6 Å². The van der Waals surface area contributed by atoms with Crippen LogP contribution in [0.5, 0.6) is 0 Å². The van der Waals surface area contributed by atoms with Crippen LogP contribution in [-0.4, -0.2) is 49.9 Å². The van der Waals surface area contributed by atoms with Crippen LogP contribution >= 0.6 is 11.6 Å². The minimum atomic E-state index is -4.26. The molecule has 2 aliphatic rings. The summed E-state index contributed by atoms with van der Waals surface area (Å²) in [4.78, 5) is 13.0. The first-order valence-corrected chi connectivity index (χ1v) is 14.1. The van der Waals surface area contributed by atoms with Crippen molar-refractivity contribution in [2.75, 3.05) is 6.54 Å². The highest BCUT2D eigenvalue weighted by molar-refractivity contribution is 7.96. The van der Waals surface area contributed by atoms with Gasteiger partial charge in [-0.3, -0.25) is 9.80 Å². The Morgan fingerprint density at radius 1 is 0.735 bits per heavy atom. The maximum absolute atomic E-state index is 14.1. The molecule has 3 atom stereocenters. The fraction of sp³-hybridized carbons (Fsp3) is 0.208. The quantitative estimate of drug-likeness (QED) is 0.515. The molecule has 3 aromatic carbocycles. The predicted octanol–water partition coefficient (Wildman–Crippen LogP) is 3.49. The van der Waals surface area contributed by atoms with Crippen LogP contribution in [0.1, 0.15) is 18.0 Å². The third kappa shape index (κ3) is 3.63. The number of carbonyl (C=O) groups is 1. The molecule has 1 amide bonds. The molecule has 0 spiro atoms. The van der Waals surface area contributed by atoms with Crippen LogP contribution in [0.3, 0.4) is 0 Å². The van der Waals surface area contributed by atoms with Gasteiger partial charge in [-0.2, -0.15) is 0 Å². The van der Waals surface area contributed by atoms with Gasteiger partial charge in [0.15, 0.2) is 15.2 Å². The number of amides is 1. The summed E-state index contributed by atoms with van der Waals surface area (Å²) < 4.78 is 56.0. The van der Waals surface area contributed by atoms with Crippen LogP contribution in [0.15, 0.2) is 94.7 Å². The van der Waals surface area contributed by atoms with Crippen molar-refractivity contribution in [2.24, 2.45) is 0 Å². The lowest BCUT2D eigenvalue weighted by molar-refractivity contribution is -0.136. The zero-order valence-corrected chi connectivity index (χ0v) is 20.2. The van der Waals surface area contributed by atoms with Crippen LogP contribution in [0.2, 0.25) is 5.02 Å². The predicted molar refractivity (Wildman–Crippen MR) is 127 cm³/mol. The number of hydrogen-bond acceptors (Lipinski definition) is 6. The average Bonchev–Trinajstić information content (AvgIpc) is 3.39. The molecule has 2 aliphatic heterocycles. The molecule has 3 aromatic rings. The maximum Gasteiger partial charge on any atom is 0.239 e. The Balaban J connectivity index is 1.77. The second kappa shape index (κ2) is 8.49. The molecule has 0 N–H and O–H groups in total. The molecule has 2 fully saturated rings. The van der Waals surface area contributed by atoms with Gasteiger partial charge < -0.3 is 0 Å². The summed E-state index contributed by atoms with van der Waals surface area (Å²) in [5.74, 6) is -0.422. The van der Waals surface area contributed by atoms with Crippen molar-refractivity contribution in [1.82, 2.24) is 10.0 Å². The molecular weight excluding hydrogens is 496 g/mol. The van der Waals surface area contributed by atoms with Crippen LogP contribution in [0.25, 0.3) is 0 Å². The average molecular weight is 517 g/mol. The molecule has 3 unspecified atom stereocenters. The fourth-order valence-electron chi connectivity index (χ4n) is 4.77. The van der Waals surface area contributed by atoms with Gasteiger partial charge in [0, 0.05) is 18.0 Å². The van der Waals surface area contributed by atoms with E-state index in [0.717, 1.165) is 5.01 Å². The first-order valence-electron chi connectivity index (χ1n) is 10.6. The van der Waals surface area contributed by atoms with Crippen molar-refractivity contribution >= 4 is 37.2 Å². The van der Waals surface area contributed by atoms with Gasteiger partial charge in [0.2, 0.25) is 15.7 Å². The number of hydrogen-bond donors (Lipinski definition) is 0. The van der Waals surface area contributed by atoms with Gasteiger partial charge in [0.05, 0.1) is 15.8 Å². The van der Waals surface area contributed by atoms with Gasteiger partial charge in [-0.15, -0.1) is 0 Å². The Bertz CT molecular complexity index is 1430. The SMILES string of the molecule is O=C1CCN2C(c3ccc(Cl)cc3)C(S(=O)(=O)c3ccccc3)C(S(=O)(=O)c3ccccc3)N12. The second-order valence-electron chi connectivity index (χ2n) is 8.22. The van der Waals surface area contributed by atoms with E-state index in [9.17, 15) is 21.6 Å². The van der Waals surface area contributed by atoms with E-state index in [2.05, 4.69) is 0 Å². The summed E-state index contributed by atoms with van der Waals surface area (Å²) in [5, 5.41) is 0.127. The minimum absolute atomic E-state index is 0.00190. The van der Waals surface area contributed by atoms with Crippen LogP contribution in [-0.2, 0) is 24.5 Å². The molecule has 10 heteroatoms. The normalized spacial score (nSPS) is 23.3.